The first-order valence-electron chi connectivity index (χ1n) is 6.79. The van der Waals surface area contributed by atoms with Crippen LogP contribution in [-0.4, -0.2) is 23.4 Å². The van der Waals surface area contributed by atoms with Gasteiger partial charge in [0.25, 0.3) is 5.91 Å². The number of hydrogen-bond acceptors (Lipinski definition) is 3. The number of hydrogen-bond donors (Lipinski definition) is 1. The molecule has 0 unspecified atom stereocenters. The summed E-state index contributed by atoms with van der Waals surface area (Å²) in [5.74, 6) is 0.184. The number of carbonyl (C=O) groups is 1. The Hall–Kier alpha value is -1.55. The van der Waals surface area contributed by atoms with E-state index in [2.05, 4.69) is 6.92 Å². The third-order valence-electron chi connectivity index (χ3n) is 3.46. The molecule has 19 heavy (non-hydrogen) atoms. The van der Waals surface area contributed by atoms with Crippen molar-refractivity contribution >= 4 is 33.0 Å². The predicted molar refractivity (Wildman–Crippen MR) is 80.6 cm³/mol. The van der Waals surface area contributed by atoms with Gasteiger partial charge in [-0.25, -0.2) is 0 Å². The van der Waals surface area contributed by atoms with Crippen LogP contribution in [0.1, 0.15) is 35.9 Å². The van der Waals surface area contributed by atoms with Gasteiger partial charge in [-0.3, -0.25) is 4.79 Å². The standard InChI is InChI=1S/C15H18N2OS/c1-2-7-17(12-4-5-12)15(18)14-9-10-8-11(16)3-6-13(10)19-14/h3,6,8-9,12H,2,4-5,7,16H2,1H3. The van der Waals surface area contributed by atoms with E-state index in [1.54, 1.807) is 11.3 Å². The first-order chi connectivity index (χ1) is 9.19. The molecule has 1 aromatic heterocycles. The molecular weight excluding hydrogens is 256 g/mol. The number of benzene rings is 1. The molecule has 1 aliphatic rings. The van der Waals surface area contributed by atoms with Gasteiger partial charge in [-0.1, -0.05) is 6.92 Å². The zero-order chi connectivity index (χ0) is 13.4. The molecule has 0 radical (unpaired) electrons. The van der Waals surface area contributed by atoms with Crippen molar-refractivity contribution in [1.29, 1.82) is 0 Å². The van der Waals surface area contributed by atoms with Crippen LogP contribution in [0.15, 0.2) is 24.3 Å². The van der Waals surface area contributed by atoms with Gasteiger partial charge in [0.05, 0.1) is 4.88 Å². The number of nitrogens with zero attached hydrogens (tertiary/aromatic N) is 1. The van der Waals surface area contributed by atoms with Crippen molar-refractivity contribution in [3.8, 4) is 0 Å². The van der Waals surface area contributed by atoms with E-state index < -0.39 is 0 Å². The van der Waals surface area contributed by atoms with Crippen molar-refractivity contribution in [1.82, 2.24) is 4.90 Å². The normalized spacial score (nSPS) is 14.8. The second kappa shape index (κ2) is 4.85. The summed E-state index contributed by atoms with van der Waals surface area (Å²) in [5, 5.41) is 1.07. The van der Waals surface area contributed by atoms with Crippen LogP contribution in [0.2, 0.25) is 0 Å². The van der Waals surface area contributed by atoms with E-state index in [1.807, 2.05) is 29.2 Å². The van der Waals surface area contributed by atoms with Gasteiger partial charge in [0, 0.05) is 23.0 Å². The molecule has 1 fully saturated rings. The van der Waals surface area contributed by atoms with Gasteiger partial charge < -0.3 is 10.6 Å². The molecule has 0 aliphatic heterocycles. The summed E-state index contributed by atoms with van der Waals surface area (Å²) >= 11 is 1.57. The van der Waals surface area contributed by atoms with Crippen molar-refractivity contribution < 1.29 is 4.79 Å². The van der Waals surface area contributed by atoms with E-state index in [9.17, 15) is 4.79 Å². The molecule has 4 heteroatoms. The minimum Gasteiger partial charge on any atom is -0.399 e. The van der Waals surface area contributed by atoms with Crippen molar-refractivity contribution in [3.05, 3.63) is 29.1 Å². The van der Waals surface area contributed by atoms with Crippen molar-refractivity contribution in [2.24, 2.45) is 0 Å². The first kappa shape index (κ1) is 12.5. The van der Waals surface area contributed by atoms with Crippen LogP contribution in [-0.2, 0) is 0 Å². The molecule has 3 rings (SSSR count). The molecule has 1 saturated carbocycles. The lowest BCUT2D eigenvalue weighted by molar-refractivity contribution is 0.0748. The smallest absolute Gasteiger partial charge is 0.264 e. The fourth-order valence-corrected chi connectivity index (χ4v) is 3.38. The van der Waals surface area contributed by atoms with Gasteiger partial charge in [0.15, 0.2) is 0 Å². The third-order valence-corrected chi connectivity index (χ3v) is 4.57. The number of nitrogens with two attached hydrogens (primary N) is 1. The molecule has 1 aliphatic carbocycles. The summed E-state index contributed by atoms with van der Waals surface area (Å²) in [7, 11) is 0. The molecule has 1 aromatic carbocycles. The SMILES string of the molecule is CCCN(C(=O)c1cc2cc(N)ccc2s1)C1CC1. The van der Waals surface area contributed by atoms with E-state index >= 15 is 0 Å². The zero-order valence-electron chi connectivity index (χ0n) is 11.1. The Kier molecular flexibility index (Phi) is 3.19. The lowest BCUT2D eigenvalue weighted by Crippen LogP contribution is -2.33. The van der Waals surface area contributed by atoms with Crippen molar-refractivity contribution in [3.63, 3.8) is 0 Å². The Morgan fingerprint density at radius 2 is 2.21 bits per heavy atom. The number of carbonyl (C=O) groups excluding carboxylic acids is 1. The van der Waals surface area contributed by atoms with Gasteiger partial charge in [0.1, 0.15) is 0 Å². The van der Waals surface area contributed by atoms with E-state index in [1.165, 1.54) is 0 Å². The second-order valence-electron chi connectivity index (χ2n) is 5.14. The number of thiophene rings is 1. The van der Waals surface area contributed by atoms with Crippen molar-refractivity contribution in [2.45, 2.75) is 32.2 Å². The van der Waals surface area contributed by atoms with Gasteiger partial charge in [-0.05, 0) is 48.9 Å². The summed E-state index contributed by atoms with van der Waals surface area (Å²) in [6.07, 6.45) is 3.33. The van der Waals surface area contributed by atoms with Crippen LogP contribution in [0.5, 0.6) is 0 Å². The molecule has 2 aromatic rings. The Labute approximate surface area is 117 Å². The average molecular weight is 274 g/mol. The second-order valence-corrected chi connectivity index (χ2v) is 6.22. The number of nitrogen functional groups attached to an aromatic ring is 1. The molecular formula is C15H18N2OS. The fraction of sp³-hybridized carbons (Fsp3) is 0.400. The first-order valence-corrected chi connectivity index (χ1v) is 7.60. The maximum Gasteiger partial charge on any atom is 0.264 e. The van der Waals surface area contributed by atoms with E-state index in [-0.39, 0.29) is 5.91 Å². The Bertz CT molecular complexity index is 616. The molecule has 0 saturated heterocycles. The zero-order valence-corrected chi connectivity index (χ0v) is 11.9. The molecule has 1 heterocycles. The maximum atomic E-state index is 12.6. The predicted octanol–water partition coefficient (Wildman–Crippen LogP) is 3.50. The lowest BCUT2D eigenvalue weighted by Gasteiger charge is -2.20. The molecule has 0 atom stereocenters. The highest BCUT2D eigenvalue weighted by Crippen LogP contribution is 2.32. The number of fused-ring (bicyclic) bond motifs is 1. The van der Waals surface area contributed by atoms with Crippen LogP contribution in [0.4, 0.5) is 5.69 Å². The summed E-state index contributed by atoms with van der Waals surface area (Å²) in [6, 6.07) is 8.27. The Balaban J connectivity index is 1.91. The van der Waals surface area contributed by atoms with Crippen LogP contribution in [0.25, 0.3) is 10.1 Å². The number of amides is 1. The molecule has 0 spiro atoms. The minimum absolute atomic E-state index is 0.184. The Morgan fingerprint density at radius 1 is 1.42 bits per heavy atom. The highest BCUT2D eigenvalue weighted by molar-refractivity contribution is 7.20. The van der Waals surface area contributed by atoms with Crippen LogP contribution in [0, 0.1) is 0 Å². The van der Waals surface area contributed by atoms with Gasteiger partial charge in [-0.15, -0.1) is 11.3 Å². The van der Waals surface area contributed by atoms with E-state index in [4.69, 9.17) is 5.73 Å². The topological polar surface area (TPSA) is 46.3 Å². The summed E-state index contributed by atoms with van der Waals surface area (Å²) < 4.78 is 1.13. The quantitative estimate of drug-likeness (QED) is 0.867. The molecule has 3 nitrogen and oxygen atoms in total. The highest BCUT2D eigenvalue weighted by atomic mass is 32.1. The van der Waals surface area contributed by atoms with Gasteiger partial charge in [0.2, 0.25) is 0 Å². The van der Waals surface area contributed by atoms with Crippen molar-refractivity contribution in [2.75, 3.05) is 12.3 Å². The highest BCUT2D eigenvalue weighted by Gasteiger charge is 2.32. The monoisotopic (exact) mass is 274 g/mol. The van der Waals surface area contributed by atoms with Crippen LogP contribution < -0.4 is 5.73 Å². The van der Waals surface area contributed by atoms with Crippen LogP contribution >= 0.6 is 11.3 Å². The fourth-order valence-electron chi connectivity index (χ4n) is 2.39. The maximum absolute atomic E-state index is 12.6. The summed E-state index contributed by atoms with van der Waals surface area (Å²) in [5.41, 5.74) is 6.53. The molecule has 100 valence electrons. The molecule has 2 N–H and O–H groups in total. The molecule has 0 bridgehead atoms. The third kappa shape index (κ3) is 2.45. The summed E-state index contributed by atoms with van der Waals surface area (Å²) in [4.78, 5) is 15.4. The largest absolute Gasteiger partial charge is 0.399 e. The number of rotatable bonds is 4. The number of anilines is 1. The van der Waals surface area contributed by atoms with E-state index in [0.717, 1.165) is 46.5 Å². The lowest BCUT2D eigenvalue weighted by atomic mass is 10.2. The van der Waals surface area contributed by atoms with E-state index in [0.29, 0.717) is 6.04 Å². The molecule has 1 amide bonds. The average Bonchev–Trinajstić information content (AvgIpc) is 3.14. The van der Waals surface area contributed by atoms with Crippen LogP contribution in [0.3, 0.4) is 0 Å². The Morgan fingerprint density at radius 3 is 2.89 bits per heavy atom. The summed E-state index contributed by atoms with van der Waals surface area (Å²) in [6.45, 7) is 2.98. The minimum atomic E-state index is 0.184. The van der Waals surface area contributed by atoms with Gasteiger partial charge in [-0.2, -0.15) is 0 Å². The van der Waals surface area contributed by atoms with Gasteiger partial charge >= 0.3 is 0 Å².